The Balaban J connectivity index is 1.79. The number of carbonyl (C=O) groups excluding carboxylic acids is 2. The topological polar surface area (TPSA) is 90.3 Å². The number of nitrogens with zero attached hydrogens (tertiary/aromatic N) is 2. The van der Waals surface area contributed by atoms with Crippen molar-refractivity contribution >= 4 is 28.6 Å². The van der Waals surface area contributed by atoms with Crippen LogP contribution in [0.3, 0.4) is 0 Å². The summed E-state index contributed by atoms with van der Waals surface area (Å²) < 4.78 is 6.97. The third-order valence-electron chi connectivity index (χ3n) is 5.04. The first-order valence-electron chi connectivity index (χ1n) is 9.82. The Morgan fingerprint density at radius 1 is 1.13 bits per heavy atom. The molecule has 0 aliphatic rings. The molecular weight excluding hydrogens is 382 g/mol. The molecule has 0 radical (unpaired) electrons. The molecule has 3 aromatic rings. The van der Waals surface area contributed by atoms with Gasteiger partial charge in [-0.1, -0.05) is 18.2 Å². The van der Waals surface area contributed by atoms with Gasteiger partial charge in [-0.05, 0) is 63.9 Å². The number of benzene rings is 2. The maximum atomic E-state index is 12.6. The number of carbonyl (C=O) groups is 2. The molecule has 1 atom stereocenters. The maximum absolute atomic E-state index is 12.6. The van der Waals surface area contributed by atoms with Crippen molar-refractivity contribution < 1.29 is 14.3 Å². The molecule has 0 aliphatic carbocycles. The van der Waals surface area contributed by atoms with Gasteiger partial charge >= 0.3 is 5.97 Å². The third kappa shape index (κ3) is 4.10. The summed E-state index contributed by atoms with van der Waals surface area (Å²) in [4.78, 5) is 41.6. The Kier molecular flexibility index (Phi) is 6.01. The van der Waals surface area contributed by atoms with Gasteiger partial charge in [-0.15, -0.1) is 0 Å². The normalized spacial score (nSPS) is 11.9. The first-order chi connectivity index (χ1) is 14.2. The summed E-state index contributed by atoms with van der Waals surface area (Å²) >= 11 is 0. The lowest BCUT2D eigenvalue weighted by molar-refractivity contribution is -0.123. The van der Waals surface area contributed by atoms with Gasteiger partial charge in [-0.3, -0.25) is 9.59 Å². The van der Waals surface area contributed by atoms with Crippen molar-refractivity contribution in [1.29, 1.82) is 0 Å². The molecule has 3 rings (SSSR count). The highest BCUT2D eigenvalue weighted by Crippen LogP contribution is 2.20. The number of fused-ring (bicyclic) bond motifs is 1. The van der Waals surface area contributed by atoms with Crippen molar-refractivity contribution in [2.24, 2.45) is 0 Å². The van der Waals surface area contributed by atoms with Crippen LogP contribution in [0.5, 0.6) is 0 Å². The molecule has 0 fully saturated rings. The smallest absolute Gasteiger partial charge is 0.338 e. The van der Waals surface area contributed by atoms with Crippen LogP contribution in [0.15, 0.2) is 41.2 Å². The number of para-hydroxylation sites is 1. The average molecular weight is 407 g/mol. The minimum absolute atomic E-state index is 0.155. The number of aromatic nitrogens is 2. The van der Waals surface area contributed by atoms with Crippen molar-refractivity contribution in [2.75, 3.05) is 5.32 Å². The fourth-order valence-electron chi connectivity index (χ4n) is 3.33. The third-order valence-corrected chi connectivity index (χ3v) is 5.04. The summed E-state index contributed by atoms with van der Waals surface area (Å²) in [5, 5.41) is 2.83. The first kappa shape index (κ1) is 21.2. The average Bonchev–Trinajstić information content (AvgIpc) is 2.71. The summed E-state index contributed by atoms with van der Waals surface area (Å²) in [7, 11) is 0. The number of hydrogen-bond acceptors (Lipinski definition) is 5. The highest BCUT2D eigenvalue weighted by Gasteiger charge is 2.21. The summed E-state index contributed by atoms with van der Waals surface area (Å²) in [5.41, 5.74) is 4.21. The molecule has 0 spiro atoms. The summed E-state index contributed by atoms with van der Waals surface area (Å²) in [5.74, 6) is -1.04. The molecule has 0 aliphatic heterocycles. The fourth-order valence-corrected chi connectivity index (χ4v) is 3.33. The molecule has 1 heterocycles. The standard InChI is InChI=1S/C23H25N3O4/c1-6-26-19-11-10-17(12-18(19)24-15(4)22(26)28)23(29)30-16(5)21(27)25-20-13(2)8-7-9-14(20)3/h7-12,16H,6H2,1-5H3,(H,25,27)/t16-/m0/s1. The van der Waals surface area contributed by atoms with Gasteiger partial charge in [0.15, 0.2) is 6.10 Å². The Labute approximate surface area is 174 Å². The second kappa shape index (κ2) is 8.49. The molecular formula is C23H25N3O4. The van der Waals surface area contributed by atoms with Crippen LogP contribution in [0, 0.1) is 20.8 Å². The second-order valence-corrected chi connectivity index (χ2v) is 7.25. The zero-order chi connectivity index (χ0) is 22.0. The van der Waals surface area contributed by atoms with Gasteiger partial charge in [-0.2, -0.15) is 0 Å². The van der Waals surface area contributed by atoms with E-state index >= 15 is 0 Å². The van der Waals surface area contributed by atoms with Crippen molar-refractivity contribution in [3.63, 3.8) is 0 Å². The van der Waals surface area contributed by atoms with Crippen LogP contribution in [-0.4, -0.2) is 27.5 Å². The number of aryl methyl sites for hydroxylation is 4. The lowest BCUT2D eigenvalue weighted by Gasteiger charge is -2.16. The second-order valence-electron chi connectivity index (χ2n) is 7.25. The number of esters is 1. The van der Waals surface area contributed by atoms with E-state index in [0.717, 1.165) is 11.1 Å². The van der Waals surface area contributed by atoms with Crippen molar-refractivity contribution in [3.8, 4) is 0 Å². The molecule has 7 heteroatoms. The van der Waals surface area contributed by atoms with E-state index in [0.29, 0.717) is 29.0 Å². The van der Waals surface area contributed by atoms with Gasteiger partial charge in [0.25, 0.3) is 11.5 Å². The number of nitrogens with one attached hydrogen (secondary N) is 1. The van der Waals surface area contributed by atoms with Gasteiger partial charge in [-0.25, -0.2) is 9.78 Å². The Bertz CT molecular complexity index is 1180. The molecule has 1 aromatic heterocycles. The van der Waals surface area contributed by atoms with Crippen LogP contribution in [0.4, 0.5) is 5.69 Å². The Morgan fingerprint density at radius 2 is 1.80 bits per heavy atom. The number of rotatable bonds is 5. The van der Waals surface area contributed by atoms with E-state index < -0.39 is 18.0 Å². The predicted octanol–water partition coefficient (Wildman–Crippen LogP) is 3.53. The van der Waals surface area contributed by atoms with Crippen LogP contribution < -0.4 is 10.9 Å². The van der Waals surface area contributed by atoms with E-state index in [1.54, 1.807) is 29.7 Å². The maximum Gasteiger partial charge on any atom is 0.338 e. The molecule has 0 bridgehead atoms. The number of ether oxygens (including phenoxy) is 1. The molecule has 30 heavy (non-hydrogen) atoms. The largest absolute Gasteiger partial charge is 0.449 e. The number of anilines is 1. The molecule has 2 aromatic carbocycles. The Morgan fingerprint density at radius 3 is 2.43 bits per heavy atom. The molecule has 0 saturated heterocycles. The van der Waals surface area contributed by atoms with Gasteiger partial charge in [0, 0.05) is 12.2 Å². The first-order valence-corrected chi connectivity index (χ1v) is 9.82. The summed E-state index contributed by atoms with van der Waals surface area (Å²) in [6.07, 6.45) is -0.980. The van der Waals surface area contributed by atoms with Crippen LogP contribution in [-0.2, 0) is 16.1 Å². The van der Waals surface area contributed by atoms with E-state index in [1.165, 1.54) is 6.92 Å². The van der Waals surface area contributed by atoms with E-state index in [-0.39, 0.29) is 11.1 Å². The molecule has 1 N–H and O–H groups in total. The SMILES string of the molecule is CCn1c(=O)c(C)nc2cc(C(=O)O[C@@H](C)C(=O)Nc3c(C)cccc3C)ccc21. The van der Waals surface area contributed by atoms with Gasteiger partial charge in [0.05, 0.1) is 16.6 Å². The highest BCUT2D eigenvalue weighted by molar-refractivity contribution is 5.99. The van der Waals surface area contributed by atoms with Gasteiger partial charge in [0.2, 0.25) is 0 Å². The van der Waals surface area contributed by atoms with Crippen LogP contribution in [0.1, 0.15) is 41.0 Å². The van der Waals surface area contributed by atoms with Crippen molar-refractivity contribution in [1.82, 2.24) is 9.55 Å². The van der Waals surface area contributed by atoms with Crippen LogP contribution in [0.25, 0.3) is 11.0 Å². The minimum Gasteiger partial charge on any atom is -0.449 e. The Hall–Kier alpha value is -3.48. The minimum atomic E-state index is -0.980. The molecule has 7 nitrogen and oxygen atoms in total. The van der Waals surface area contributed by atoms with E-state index in [4.69, 9.17) is 4.74 Å². The van der Waals surface area contributed by atoms with Crippen molar-refractivity contribution in [3.05, 3.63) is 69.1 Å². The van der Waals surface area contributed by atoms with Gasteiger partial charge in [0.1, 0.15) is 5.69 Å². The lowest BCUT2D eigenvalue weighted by Crippen LogP contribution is -2.30. The predicted molar refractivity (Wildman–Crippen MR) is 116 cm³/mol. The van der Waals surface area contributed by atoms with E-state index in [2.05, 4.69) is 10.3 Å². The van der Waals surface area contributed by atoms with Crippen LogP contribution in [0.2, 0.25) is 0 Å². The summed E-state index contributed by atoms with van der Waals surface area (Å²) in [6, 6.07) is 10.5. The molecule has 0 unspecified atom stereocenters. The quantitative estimate of drug-likeness (QED) is 0.654. The molecule has 1 amide bonds. The fraction of sp³-hybridized carbons (Fsp3) is 0.304. The van der Waals surface area contributed by atoms with Crippen molar-refractivity contribution in [2.45, 2.75) is 47.3 Å². The zero-order valence-electron chi connectivity index (χ0n) is 17.8. The number of amides is 1. The lowest BCUT2D eigenvalue weighted by atomic mass is 10.1. The molecule has 156 valence electrons. The highest BCUT2D eigenvalue weighted by atomic mass is 16.5. The number of hydrogen-bond donors (Lipinski definition) is 1. The van der Waals surface area contributed by atoms with Crippen LogP contribution >= 0.6 is 0 Å². The van der Waals surface area contributed by atoms with Gasteiger partial charge < -0.3 is 14.6 Å². The van der Waals surface area contributed by atoms with E-state index in [9.17, 15) is 14.4 Å². The zero-order valence-corrected chi connectivity index (χ0v) is 17.8. The van der Waals surface area contributed by atoms with E-state index in [1.807, 2.05) is 39.0 Å². The summed E-state index contributed by atoms with van der Waals surface area (Å²) in [6.45, 7) is 9.34. The monoisotopic (exact) mass is 407 g/mol. The molecule has 0 saturated carbocycles.